The molecule has 0 aromatic heterocycles. The summed E-state index contributed by atoms with van der Waals surface area (Å²) in [4.78, 5) is 2.57. The molecule has 19 heavy (non-hydrogen) atoms. The van der Waals surface area contributed by atoms with Crippen LogP contribution < -0.4 is 5.32 Å². The summed E-state index contributed by atoms with van der Waals surface area (Å²) in [6.07, 6.45) is 8.37. The van der Waals surface area contributed by atoms with Crippen molar-refractivity contribution < 1.29 is 4.74 Å². The van der Waals surface area contributed by atoms with Gasteiger partial charge in [0, 0.05) is 19.2 Å². The van der Waals surface area contributed by atoms with Gasteiger partial charge < -0.3 is 15.0 Å². The highest BCUT2D eigenvalue weighted by atomic mass is 16.5. The Labute approximate surface area is 120 Å². The second kappa shape index (κ2) is 8.93. The van der Waals surface area contributed by atoms with Crippen LogP contribution in [-0.4, -0.2) is 49.8 Å². The quantitative estimate of drug-likeness (QED) is 0.686. The molecule has 114 valence electrons. The molecule has 3 heteroatoms. The number of hydrogen-bond acceptors (Lipinski definition) is 3. The van der Waals surface area contributed by atoms with Gasteiger partial charge in [0.25, 0.3) is 0 Å². The Bertz CT molecular complexity index is 225. The topological polar surface area (TPSA) is 24.5 Å². The molecular formula is C16H34N2O. The van der Waals surface area contributed by atoms with Crippen LogP contribution in [0, 0.1) is 0 Å². The van der Waals surface area contributed by atoms with E-state index in [1.165, 1.54) is 51.6 Å². The maximum absolute atomic E-state index is 5.46. The van der Waals surface area contributed by atoms with Gasteiger partial charge in [-0.3, -0.25) is 0 Å². The van der Waals surface area contributed by atoms with Crippen LogP contribution in [0.4, 0.5) is 0 Å². The van der Waals surface area contributed by atoms with E-state index in [9.17, 15) is 0 Å². The van der Waals surface area contributed by atoms with Crippen molar-refractivity contribution in [2.75, 3.05) is 33.3 Å². The van der Waals surface area contributed by atoms with Crippen LogP contribution in [0.2, 0.25) is 0 Å². The lowest BCUT2D eigenvalue weighted by atomic mass is 10.1. The average molecular weight is 270 g/mol. The van der Waals surface area contributed by atoms with Crippen molar-refractivity contribution in [2.24, 2.45) is 0 Å². The predicted octanol–water partition coefficient (Wildman–Crippen LogP) is 3.05. The molecule has 1 rings (SSSR count). The predicted molar refractivity (Wildman–Crippen MR) is 82.7 cm³/mol. The highest BCUT2D eigenvalue weighted by molar-refractivity contribution is 4.73. The molecule has 1 heterocycles. The van der Waals surface area contributed by atoms with Crippen LogP contribution in [0.3, 0.4) is 0 Å². The smallest absolute Gasteiger partial charge is 0.0698 e. The van der Waals surface area contributed by atoms with Gasteiger partial charge in [-0.1, -0.05) is 12.8 Å². The Morgan fingerprint density at radius 3 is 2.58 bits per heavy atom. The first-order valence-electron chi connectivity index (χ1n) is 8.01. The molecule has 0 bridgehead atoms. The molecule has 1 fully saturated rings. The lowest BCUT2D eigenvalue weighted by Gasteiger charge is -2.31. The number of likely N-dealkylation sites (tertiary alicyclic amines) is 1. The lowest BCUT2D eigenvalue weighted by Crippen LogP contribution is -2.39. The number of unbranched alkanes of at least 4 members (excludes halogenated alkanes) is 3. The maximum Gasteiger partial charge on any atom is 0.0698 e. The van der Waals surface area contributed by atoms with Gasteiger partial charge in [0.05, 0.1) is 6.10 Å². The van der Waals surface area contributed by atoms with E-state index in [4.69, 9.17) is 4.74 Å². The van der Waals surface area contributed by atoms with Gasteiger partial charge in [-0.2, -0.15) is 0 Å². The monoisotopic (exact) mass is 270 g/mol. The normalized spacial score (nSPS) is 21.8. The molecule has 1 N–H and O–H groups in total. The van der Waals surface area contributed by atoms with Gasteiger partial charge in [-0.25, -0.2) is 0 Å². The largest absolute Gasteiger partial charge is 0.380 e. The molecule has 0 amide bonds. The fourth-order valence-corrected chi connectivity index (χ4v) is 2.69. The maximum atomic E-state index is 5.46. The number of methoxy groups -OCH3 is 1. The summed E-state index contributed by atoms with van der Waals surface area (Å²) in [5.41, 5.74) is 0.267. The van der Waals surface area contributed by atoms with Gasteiger partial charge in [-0.05, 0) is 66.1 Å². The Balaban J connectivity index is 1.93. The minimum absolute atomic E-state index is 0.267. The first kappa shape index (κ1) is 16.9. The second-order valence-corrected chi connectivity index (χ2v) is 6.89. The van der Waals surface area contributed by atoms with Crippen molar-refractivity contribution in [3.8, 4) is 0 Å². The molecule has 0 radical (unpaired) electrons. The van der Waals surface area contributed by atoms with Crippen LogP contribution >= 0.6 is 0 Å². The van der Waals surface area contributed by atoms with Crippen LogP contribution in [0.1, 0.15) is 59.3 Å². The number of nitrogens with one attached hydrogen (secondary N) is 1. The van der Waals surface area contributed by atoms with Gasteiger partial charge >= 0.3 is 0 Å². The fraction of sp³-hybridized carbons (Fsp3) is 1.00. The van der Waals surface area contributed by atoms with E-state index in [-0.39, 0.29) is 5.54 Å². The van der Waals surface area contributed by atoms with E-state index >= 15 is 0 Å². The van der Waals surface area contributed by atoms with E-state index < -0.39 is 0 Å². The third-order valence-electron chi connectivity index (χ3n) is 3.85. The zero-order valence-electron chi connectivity index (χ0n) is 13.5. The van der Waals surface area contributed by atoms with Crippen LogP contribution in [0.25, 0.3) is 0 Å². The molecule has 0 aliphatic carbocycles. The Hall–Kier alpha value is -0.120. The number of hydrogen-bond donors (Lipinski definition) is 1. The third-order valence-corrected chi connectivity index (χ3v) is 3.85. The molecule has 1 aliphatic heterocycles. The van der Waals surface area contributed by atoms with Crippen molar-refractivity contribution in [1.82, 2.24) is 10.2 Å². The van der Waals surface area contributed by atoms with E-state index in [1.54, 1.807) is 0 Å². The van der Waals surface area contributed by atoms with Gasteiger partial charge in [0.1, 0.15) is 0 Å². The summed E-state index contributed by atoms with van der Waals surface area (Å²) in [5, 5.41) is 3.55. The van der Waals surface area contributed by atoms with E-state index in [2.05, 4.69) is 31.0 Å². The van der Waals surface area contributed by atoms with Gasteiger partial charge in [0.15, 0.2) is 0 Å². The SMILES string of the molecule is COC1CCCN(CCCCCCNC(C)(C)C)C1. The van der Waals surface area contributed by atoms with E-state index in [1.807, 2.05) is 7.11 Å². The van der Waals surface area contributed by atoms with E-state index in [0.717, 1.165) is 13.1 Å². The van der Waals surface area contributed by atoms with Crippen molar-refractivity contribution in [1.29, 1.82) is 0 Å². The Kier molecular flexibility index (Phi) is 7.96. The molecule has 3 nitrogen and oxygen atoms in total. The third kappa shape index (κ3) is 8.61. The highest BCUT2D eigenvalue weighted by Gasteiger charge is 2.18. The Morgan fingerprint density at radius 2 is 1.89 bits per heavy atom. The van der Waals surface area contributed by atoms with Crippen molar-refractivity contribution in [3.05, 3.63) is 0 Å². The first-order valence-corrected chi connectivity index (χ1v) is 8.01. The molecule has 0 spiro atoms. The number of piperidine rings is 1. The summed E-state index contributed by atoms with van der Waals surface area (Å²) >= 11 is 0. The highest BCUT2D eigenvalue weighted by Crippen LogP contribution is 2.13. The molecule has 1 saturated heterocycles. The number of rotatable bonds is 8. The molecular weight excluding hydrogens is 236 g/mol. The molecule has 0 saturated carbocycles. The molecule has 1 aliphatic rings. The number of ether oxygens (including phenoxy) is 1. The van der Waals surface area contributed by atoms with Crippen LogP contribution in [0.5, 0.6) is 0 Å². The zero-order chi connectivity index (χ0) is 14.1. The average Bonchev–Trinajstić information content (AvgIpc) is 2.36. The summed E-state index contributed by atoms with van der Waals surface area (Å²) in [6, 6.07) is 0. The molecule has 0 aromatic rings. The standard InChI is InChI=1S/C16H34N2O/c1-16(2,3)17-11-7-5-6-8-12-18-13-9-10-15(14-18)19-4/h15,17H,5-14H2,1-4H3. The van der Waals surface area contributed by atoms with Gasteiger partial charge in [-0.15, -0.1) is 0 Å². The fourth-order valence-electron chi connectivity index (χ4n) is 2.69. The molecule has 1 atom stereocenters. The van der Waals surface area contributed by atoms with Gasteiger partial charge in [0.2, 0.25) is 0 Å². The minimum atomic E-state index is 0.267. The molecule has 1 unspecified atom stereocenters. The zero-order valence-corrected chi connectivity index (χ0v) is 13.5. The Morgan fingerprint density at radius 1 is 1.16 bits per heavy atom. The second-order valence-electron chi connectivity index (χ2n) is 6.89. The summed E-state index contributed by atoms with van der Waals surface area (Å²) in [5.74, 6) is 0. The van der Waals surface area contributed by atoms with Crippen molar-refractivity contribution >= 4 is 0 Å². The van der Waals surface area contributed by atoms with E-state index in [0.29, 0.717) is 6.10 Å². The summed E-state index contributed by atoms with van der Waals surface area (Å²) < 4.78 is 5.46. The lowest BCUT2D eigenvalue weighted by molar-refractivity contribution is 0.0309. The summed E-state index contributed by atoms with van der Waals surface area (Å²) in [6.45, 7) is 11.5. The van der Waals surface area contributed by atoms with Crippen molar-refractivity contribution in [2.45, 2.75) is 70.9 Å². The number of nitrogens with zero attached hydrogens (tertiary/aromatic N) is 1. The summed E-state index contributed by atoms with van der Waals surface area (Å²) in [7, 11) is 1.84. The van der Waals surface area contributed by atoms with Crippen LogP contribution in [0.15, 0.2) is 0 Å². The minimum Gasteiger partial charge on any atom is -0.380 e. The van der Waals surface area contributed by atoms with Crippen LogP contribution in [-0.2, 0) is 4.74 Å². The van der Waals surface area contributed by atoms with Crippen molar-refractivity contribution in [3.63, 3.8) is 0 Å². The molecule has 0 aromatic carbocycles. The first-order chi connectivity index (χ1) is 9.01.